The first kappa shape index (κ1) is 18.3. The van der Waals surface area contributed by atoms with Crippen molar-refractivity contribution < 1.29 is 0 Å². The van der Waals surface area contributed by atoms with Crippen LogP contribution in [0, 0.1) is 5.41 Å². The van der Waals surface area contributed by atoms with Gasteiger partial charge in [-0.25, -0.2) is 0 Å². The summed E-state index contributed by atoms with van der Waals surface area (Å²) < 4.78 is 0. The van der Waals surface area contributed by atoms with Crippen molar-refractivity contribution in [3.05, 3.63) is 109 Å². The lowest BCUT2D eigenvalue weighted by Gasteiger charge is -2.20. The second kappa shape index (κ2) is 8.76. The van der Waals surface area contributed by atoms with E-state index in [1.807, 2.05) is 114 Å². The highest BCUT2D eigenvalue weighted by Crippen LogP contribution is 2.28. The summed E-state index contributed by atoms with van der Waals surface area (Å²) in [5.74, 6) is 0. The van der Waals surface area contributed by atoms with Gasteiger partial charge >= 0.3 is 0 Å². The number of para-hydroxylation sites is 2. The SMILES string of the molecule is N=CN(c1ccc(Nc2ccccc2)cc1)c1ccc(Nc2ccccc2)cc1. The molecule has 4 nitrogen and oxygen atoms in total. The van der Waals surface area contributed by atoms with Gasteiger partial charge in [0.25, 0.3) is 0 Å². The molecule has 4 rings (SSSR count). The Bertz CT molecular complexity index is 958. The molecule has 0 spiro atoms. The van der Waals surface area contributed by atoms with Gasteiger partial charge in [-0.1, -0.05) is 36.4 Å². The van der Waals surface area contributed by atoms with Gasteiger partial charge in [-0.2, -0.15) is 0 Å². The fraction of sp³-hybridized carbons (Fsp3) is 0. The van der Waals surface area contributed by atoms with Crippen molar-refractivity contribution in [3.63, 3.8) is 0 Å². The smallest absolute Gasteiger partial charge is 0.0907 e. The van der Waals surface area contributed by atoms with Crippen LogP contribution in [0.5, 0.6) is 0 Å². The Kier molecular flexibility index (Phi) is 5.53. The lowest BCUT2D eigenvalue weighted by atomic mass is 10.2. The molecule has 4 heteroatoms. The highest BCUT2D eigenvalue weighted by molar-refractivity contribution is 5.88. The normalized spacial score (nSPS) is 10.2. The van der Waals surface area contributed by atoms with E-state index in [-0.39, 0.29) is 0 Å². The third kappa shape index (κ3) is 4.62. The van der Waals surface area contributed by atoms with Gasteiger partial charge in [-0.3, -0.25) is 5.41 Å². The van der Waals surface area contributed by atoms with E-state index in [1.165, 1.54) is 6.34 Å². The van der Waals surface area contributed by atoms with E-state index in [9.17, 15) is 0 Å². The van der Waals surface area contributed by atoms with Crippen molar-refractivity contribution in [1.29, 1.82) is 5.41 Å². The molecule has 0 aliphatic heterocycles. The molecule has 0 aliphatic carbocycles. The van der Waals surface area contributed by atoms with E-state index >= 15 is 0 Å². The summed E-state index contributed by atoms with van der Waals surface area (Å²) >= 11 is 0. The van der Waals surface area contributed by atoms with Crippen molar-refractivity contribution in [2.45, 2.75) is 0 Å². The van der Waals surface area contributed by atoms with Gasteiger partial charge in [-0.15, -0.1) is 0 Å². The lowest BCUT2D eigenvalue weighted by Crippen LogP contribution is -2.13. The summed E-state index contributed by atoms with van der Waals surface area (Å²) in [6, 6.07) is 36.2. The van der Waals surface area contributed by atoms with Crippen molar-refractivity contribution >= 4 is 40.5 Å². The molecule has 0 saturated carbocycles. The van der Waals surface area contributed by atoms with Crippen LogP contribution >= 0.6 is 0 Å². The van der Waals surface area contributed by atoms with Crippen LogP contribution in [0.2, 0.25) is 0 Å². The average molecular weight is 378 g/mol. The molecule has 0 heterocycles. The first-order valence-corrected chi connectivity index (χ1v) is 9.46. The summed E-state index contributed by atoms with van der Waals surface area (Å²) in [5, 5.41) is 14.6. The van der Waals surface area contributed by atoms with E-state index in [0.717, 1.165) is 34.1 Å². The molecular weight excluding hydrogens is 356 g/mol. The highest BCUT2D eigenvalue weighted by Gasteiger charge is 2.07. The van der Waals surface area contributed by atoms with Gasteiger partial charge in [0.05, 0.1) is 6.34 Å². The number of anilines is 6. The number of benzene rings is 4. The molecule has 0 radical (unpaired) electrons. The largest absolute Gasteiger partial charge is 0.356 e. The minimum atomic E-state index is 0.933. The van der Waals surface area contributed by atoms with Gasteiger partial charge in [0.2, 0.25) is 0 Å². The molecule has 0 unspecified atom stereocenters. The second-order valence-corrected chi connectivity index (χ2v) is 6.57. The number of nitrogens with one attached hydrogen (secondary N) is 3. The molecule has 0 amide bonds. The molecule has 0 aromatic heterocycles. The van der Waals surface area contributed by atoms with Crippen LogP contribution < -0.4 is 15.5 Å². The van der Waals surface area contributed by atoms with Crippen molar-refractivity contribution in [2.24, 2.45) is 0 Å². The van der Waals surface area contributed by atoms with Crippen molar-refractivity contribution in [2.75, 3.05) is 15.5 Å². The first-order chi connectivity index (χ1) is 14.3. The van der Waals surface area contributed by atoms with Crippen LogP contribution in [-0.2, 0) is 0 Å². The molecule has 3 N–H and O–H groups in total. The van der Waals surface area contributed by atoms with Crippen LogP contribution in [0.4, 0.5) is 34.1 Å². The summed E-state index contributed by atoms with van der Waals surface area (Å²) in [6.07, 6.45) is 1.33. The quantitative estimate of drug-likeness (QED) is 0.242. The summed E-state index contributed by atoms with van der Waals surface area (Å²) in [4.78, 5) is 1.85. The topological polar surface area (TPSA) is 51.2 Å². The Labute approximate surface area is 171 Å². The Balaban J connectivity index is 1.47. The lowest BCUT2D eigenvalue weighted by molar-refractivity contribution is 1.33. The highest BCUT2D eigenvalue weighted by atomic mass is 15.1. The maximum atomic E-state index is 7.87. The minimum absolute atomic E-state index is 0.933. The predicted octanol–water partition coefficient (Wildman–Crippen LogP) is 6.92. The van der Waals surface area contributed by atoms with Gasteiger partial charge in [0.15, 0.2) is 0 Å². The van der Waals surface area contributed by atoms with E-state index in [4.69, 9.17) is 5.41 Å². The zero-order valence-corrected chi connectivity index (χ0v) is 15.9. The molecular formula is C25H22N4. The third-order valence-electron chi connectivity index (χ3n) is 4.54. The van der Waals surface area contributed by atoms with E-state index < -0.39 is 0 Å². The van der Waals surface area contributed by atoms with Crippen molar-refractivity contribution in [3.8, 4) is 0 Å². The Morgan fingerprint density at radius 1 is 0.483 bits per heavy atom. The molecule has 29 heavy (non-hydrogen) atoms. The fourth-order valence-corrected chi connectivity index (χ4v) is 3.09. The van der Waals surface area contributed by atoms with Gasteiger partial charge < -0.3 is 15.5 Å². The molecule has 0 bridgehead atoms. The number of rotatable bonds is 7. The molecule has 0 saturated heterocycles. The van der Waals surface area contributed by atoms with E-state index in [1.54, 1.807) is 0 Å². The second-order valence-electron chi connectivity index (χ2n) is 6.57. The van der Waals surface area contributed by atoms with E-state index in [0.29, 0.717) is 0 Å². The van der Waals surface area contributed by atoms with Crippen LogP contribution in [0.3, 0.4) is 0 Å². The molecule has 142 valence electrons. The van der Waals surface area contributed by atoms with Crippen LogP contribution in [-0.4, -0.2) is 6.34 Å². The predicted molar refractivity (Wildman–Crippen MR) is 123 cm³/mol. The third-order valence-corrected chi connectivity index (χ3v) is 4.54. The molecule has 4 aromatic carbocycles. The minimum Gasteiger partial charge on any atom is -0.356 e. The molecule has 0 fully saturated rings. The standard InChI is InChI=1S/C25H22N4/c26-19-29(24-15-11-22(12-16-24)27-20-7-3-1-4-8-20)25-17-13-23(14-18-25)28-21-9-5-2-6-10-21/h1-19,26-28H. The van der Waals surface area contributed by atoms with Crippen LogP contribution in [0.1, 0.15) is 0 Å². The van der Waals surface area contributed by atoms with Crippen LogP contribution in [0.15, 0.2) is 109 Å². The molecule has 0 aliphatic rings. The Morgan fingerprint density at radius 2 is 0.828 bits per heavy atom. The first-order valence-electron chi connectivity index (χ1n) is 9.46. The maximum Gasteiger partial charge on any atom is 0.0907 e. The number of hydrogen-bond donors (Lipinski definition) is 3. The van der Waals surface area contributed by atoms with Gasteiger partial charge in [0.1, 0.15) is 0 Å². The maximum absolute atomic E-state index is 7.87. The number of hydrogen-bond acceptors (Lipinski definition) is 3. The zero-order valence-electron chi connectivity index (χ0n) is 15.9. The summed E-state index contributed by atoms with van der Waals surface area (Å²) in [7, 11) is 0. The van der Waals surface area contributed by atoms with E-state index in [2.05, 4.69) is 10.6 Å². The van der Waals surface area contributed by atoms with Crippen LogP contribution in [0.25, 0.3) is 0 Å². The van der Waals surface area contributed by atoms with Gasteiger partial charge in [-0.05, 0) is 72.8 Å². The summed E-state index contributed by atoms with van der Waals surface area (Å²) in [5.41, 5.74) is 5.97. The van der Waals surface area contributed by atoms with Crippen molar-refractivity contribution in [1.82, 2.24) is 0 Å². The summed E-state index contributed by atoms with van der Waals surface area (Å²) in [6.45, 7) is 0. The Morgan fingerprint density at radius 3 is 1.17 bits per heavy atom. The average Bonchev–Trinajstić information content (AvgIpc) is 2.78. The molecule has 4 aromatic rings. The van der Waals surface area contributed by atoms with Gasteiger partial charge in [0, 0.05) is 34.1 Å². The zero-order chi connectivity index (χ0) is 19.9. The monoisotopic (exact) mass is 378 g/mol. The fourth-order valence-electron chi connectivity index (χ4n) is 3.09. The molecule has 0 atom stereocenters. The Hall–Kier alpha value is -4.05. The number of nitrogens with zero attached hydrogens (tertiary/aromatic N) is 1.